The van der Waals surface area contributed by atoms with Crippen LogP contribution in [0.25, 0.3) is 0 Å². The van der Waals surface area contributed by atoms with Crippen LogP contribution in [0, 0.1) is 11.8 Å². The minimum Gasteiger partial charge on any atom is -0.497 e. The highest BCUT2D eigenvalue weighted by atomic mass is 32.1. The molecule has 0 heterocycles. The first-order valence-electron chi connectivity index (χ1n) is 8.37. The SMILES string of the molecule is COc1ccc(NCC(=O)NNC(=S)N[C@H]2C[C@H]3CC[C@@H]2C3)cc1. The number of amides is 1. The number of hydrogen-bond donors (Lipinski definition) is 4. The van der Waals surface area contributed by atoms with E-state index in [0.29, 0.717) is 11.2 Å². The molecule has 0 saturated heterocycles. The summed E-state index contributed by atoms with van der Waals surface area (Å²) in [6, 6.07) is 7.86. The molecule has 2 fully saturated rings. The molecule has 2 saturated carbocycles. The van der Waals surface area contributed by atoms with Crippen LogP contribution < -0.4 is 26.2 Å². The van der Waals surface area contributed by atoms with E-state index in [4.69, 9.17) is 17.0 Å². The average Bonchev–Trinajstić information content (AvgIpc) is 3.21. The van der Waals surface area contributed by atoms with Crippen LogP contribution in [0.2, 0.25) is 0 Å². The first-order chi connectivity index (χ1) is 11.6. The number of hydrazine groups is 1. The lowest BCUT2D eigenvalue weighted by atomic mass is 9.96. The van der Waals surface area contributed by atoms with Gasteiger partial charge in [-0.15, -0.1) is 0 Å². The maximum atomic E-state index is 11.9. The summed E-state index contributed by atoms with van der Waals surface area (Å²) in [4.78, 5) is 11.9. The molecule has 2 aliphatic carbocycles. The summed E-state index contributed by atoms with van der Waals surface area (Å²) in [5, 5.41) is 6.86. The van der Waals surface area contributed by atoms with E-state index in [1.807, 2.05) is 24.3 Å². The van der Waals surface area contributed by atoms with Crippen LogP contribution in [0.3, 0.4) is 0 Å². The minimum atomic E-state index is -0.178. The molecule has 0 aromatic heterocycles. The third kappa shape index (κ3) is 4.29. The summed E-state index contributed by atoms with van der Waals surface area (Å²) < 4.78 is 5.09. The highest BCUT2D eigenvalue weighted by molar-refractivity contribution is 7.80. The molecule has 3 atom stereocenters. The van der Waals surface area contributed by atoms with Crippen LogP contribution in [0.5, 0.6) is 5.75 Å². The van der Waals surface area contributed by atoms with Gasteiger partial charge >= 0.3 is 0 Å². The summed E-state index contributed by atoms with van der Waals surface area (Å²) in [6.45, 7) is 0.163. The van der Waals surface area contributed by atoms with E-state index >= 15 is 0 Å². The van der Waals surface area contributed by atoms with Crippen molar-refractivity contribution in [2.45, 2.75) is 31.7 Å². The van der Waals surface area contributed by atoms with Gasteiger partial charge in [-0.1, -0.05) is 6.42 Å². The molecule has 2 bridgehead atoms. The summed E-state index contributed by atoms with van der Waals surface area (Å²) in [7, 11) is 1.62. The van der Waals surface area contributed by atoms with Gasteiger partial charge in [0.25, 0.3) is 5.91 Å². The number of rotatable bonds is 5. The molecular formula is C17H24N4O2S. The maximum Gasteiger partial charge on any atom is 0.257 e. The Balaban J connectivity index is 1.33. The highest BCUT2D eigenvalue weighted by Gasteiger charge is 2.39. The lowest BCUT2D eigenvalue weighted by Gasteiger charge is -2.24. The standard InChI is InChI=1S/C17H24N4O2S/c1-23-14-6-4-13(5-7-14)18-10-16(22)20-21-17(24)19-15-9-11-2-3-12(15)8-11/h4-7,11-12,15,18H,2-3,8-10H2,1H3,(H,20,22)(H2,19,21,24)/t11-,12+,15-/m0/s1. The van der Waals surface area contributed by atoms with Crippen molar-refractivity contribution in [1.82, 2.24) is 16.2 Å². The molecular weight excluding hydrogens is 324 g/mol. The highest BCUT2D eigenvalue weighted by Crippen LogP contribution is 2.44. The van der Waals surface area contributed by atoms with E-state index in [2.05, 4.69) is 21.5 Å². The molecule has 3 rings (SSSR count). The zero-order chi connectivity index (χ0) is 16.9. The lowest BCUT2D eigenvalue weighted by molar-refractivity contribution is -0.119. The Labute approximate surface area is 147 Å². The van der Waals surface area contributed by atoms with Crippen molar-refractivity contribution in [3.63, 3.8) is 0 Å². The van der Waals surface area contributed by atoms with Gasteiger partial charge in [0, 0.05) is 11.7 Å². The molecule has 0 spiro atoms. The zero-order valence-electron chi connectivity index (χ0n) is 13.8. The van der Waals surface area contributed by atoms with Crippen LogP contribution in [0.4, 0.5) is 5.69 Å². The monoisotopic (exact) mass is 348 g/mol. The summed E-state index contributed by atoms with van der Waals surface area (Å²) >= 11 is 5.26. The van der Waals surface area contributed by atoms with Gasteiger partial charge in [-0.25, -0.2) is 0 Å². The van der Waals surface area contributed by atoms with Crippen LogP contribution in [0.1, 0.15) is 25.7 Å². The van der Waals surface area contributed by atoms with Crippen molar-refractivity contribution in [2.75, 3.05) is 19.0 Å². The van der Waals surface area contributed by atoms with E-state index in [9.17, 15) is 4.79 Å². The van der Waals surface area contributed by atoms with Crippen molar-refractivity contribution < 1.29 is 9.53 Å². The topological polar surface area (TPSA) is 74.4 Å². The Hall–Kier alpha value is -2.02. The number of fused-ring (bicyclic) bond motifs is 2. The molecule has 0 radical (unpaired) electrons. The predicted octanol–water partition coefficient (Wildman–Crippen LogP) is 1.79. The Kier molecular flexibility index (Phi) is 5.40. The van der Waals surface area contributed by atoms with Crippen molar-refractivity contribution in [2.24, 2.45) is 11.8 Å². The molecule has 2 aliphatic rings. The van der Waals surface area contributed by atoms with Gasteiger partial charge in [-0.2, -0.15) is 0 Å². The van der Waals surface area contributed by atoms with E-state index in [-0.39, 0.29) is 12.5 Å². The second-order valence-electron chi connectivity index (χ2n) is 6.51. The molecule has 1 aromatic rings. The largest absolute Gasteiger partial charge is 0.497 e. The van der Waals surface area contributed by atoms with Gasteiger partial charge in [0.1, 0.15) is 5.75 Å². The van der Waals surface area contributed by atoms with Gasteiger partial charge in [0.2, 0.25) is 0 Å². The summed E-state index contributed by atoms with van der Waals surface area (Å²) in [6.07, 6.45) is 5.16. The normalized spacial score (nSPS) is 24.3. The third-order valence-corrected chi connectivity index (χ3v) is 5.13. The summed E-state index contributed by atoms with van der Waals surface area (Å²) in [5.41, 5.74) is 6.25. The number of nitrogens with one attached hydrogen (secondary N) is 4. The molecule has 0 aliphatic heterocycles. The van der Waals surface area contributed by atoms with Gasteiger partial charge in [-0.05, 0) is 67.6 Å². The Bertz CT molecular complexity index is 593. The van der Waals surface area contributed by atoms with E-state index in [1.165, 1.54) is 25.7 Å². The number of carbonyl (C=O) groups is 1. The smallest absolute Gasteiger partial charge is 0.257 e. The molecule has 130 valence electrons. The fourth-order valence-electron chi connectivity index (χ4n) is 3.69. The Morgan fingerprint density at radius 2 is 2.00 bits per heavy atom. The predicted molar refractivity (Wildman–Crippen MR) is 97.7 cm³/mol. The number of thiocarbonyl (C=S) groups is 1. The molecule has 1 amide bonds. The van der Waals surface area contributed by atoms with Crippen molar-refractivity contribution in [1.29, 1.82) is 0 Å². The molecule has 1 aromatic carbocycles. The first kappa shape index (κ1) is 16.8. The van der Waals surface area contributed by atoms with Crippen LogP contribution in [-0.4, -0.2) is 30.7 Å². The van der Waals surface area contributed by atoms with Gasteiger partial charge in [0.15, 0.2) is 5.11 Å². The van der Waals surface area contributed by atoms with Gasteiger partial charge < -0.3 is 15.4 Å². The quantitative estimate of drug-likeness (QED) is 0.480. The van der Waals surface area contributed by atoms with Gasteiger partial charge in [-0.3, -0.25) is 15.6 Å². The van der Waals surface area contributed by atoms with Crippen molar-refractivity contribution in [3.05, 3.63) is 24.3 Å². The molecule has 0 unspecified atom stereocenters. The number of hydrogen-bond acceptors (Lipinski definition) is 4. The number of carbonyl (C=O) groups excluding carboxylic acids is 1. The second-order valence-corrected chi connectivity index (χ2v) is 6.92. The molecule has 24 heavy (non-hydrogen) atoms. The van der Waals surface area contributed by atoms with Crippen LogP contribution >= 0.6 is 12.2 Å². The number of anilines is 1. The third-order valence-electron chi connectivity index (χ3n) is 4.91. The maximum absolute atomic E-state index is 11.9. The van der Waals surface area contributed by atoms with Gasteiger partial charge in [0.05, 0.1) is 13.7 Å². The fourth-order valence-corrected chi connectivity index (χ4v) is 3.89. The average molecular weight is 348 g/mol. The first-order valence-corrected chi connectivity index (χ1v) is 8.78. The summed E-state index contributed by atoms with van der Waals surface area (Å²) in [5.74, 6) is 2.20. The zero-order valence-corrected chi connectivity index (χ0v) is 14.6. The van der Waals surface area contributed by atoms with E-state index in [1.54, 1.807) is 7.11 Å². The molecule has 7 heteroatoms. The minimum absolute atomic E-state index is 0.163. The number of ether oxygens (including phenoxy) is 1. The van der Waals surface area contributed by atoms with Crippen LogP contribution in [0.15, 0.2) is 24.3 Å². The number of methoxy groups -OCH3 is 1. The number of benzene rings is 1. The van der Waals surface area contributed by atoms with E-state index < -0.39 is 0 Å². The van der Waals surface area contributed by atoms with Crippen LogP contribution in [-0.2, 0) is 4.79 Å². The molecule has 4 N–H and O–H groups in total. The lowest BCUT2D eigenvalue weighted by Crippen LogP contribution is -2.51. The fraction of sp³-hybridized carbons (Fsp3) is 0.529. The molecule has 6 nitrogen and oxygen atoms in total. The van der Waals surface area contributed by atoms with E-state index in [0.717, 1.165) is 23.3 Å². The second kappa shape index (κ2) is 7.70. The van der Waals surface area contributed by atoms with Crippen molar-refractivity contribution in [3.8, 4) is 5.75 Å². The van der Waals surface area contributed by atoms with Crippen molar-refractivity contribution >= 4 is 28.9 Å². The Morgan fingerprint density at radius 3 is 2.62 bits per heavy atom. The Morgan fingerprint density at radius 1 is 1.21 bits per heavy atom.